The molecule has 0 heterocycles. The van der Waals surface area contributed by atoms with E-state index in [9.17, 15) is 13.2 Å². The molecule has 2 aromatic rings. The van der Waals surface area contributed by atoms with E-state index in [1.165, 1.54) is 26.2 Å². The van der Waals surface area contributed by atoms with Gasteiger partial charge in [-0.3, -0.25) is 4.79 Å². The van der Waals surface area contributed by atoms with Crippen LogP contribution in [0.1, 0.15) is 18.1 Å². The van der Waals surface area contributed by atoms with E-state index < -0.39 is 22.0 Å². The number of aryl methyl sites for hydroxylation is 2. The van der Waals surface area contributed by atoms with Crippen LogP contribution in [0.5, 0.6) is 5.75 Å². The van der Waals surface area contributed by atoms with Gasteiger partial charge in [-0.25, -0.2) is 8.42 Å². The lowest BCUT2D eigenvalue weighted by atomic mass is 10.2. The van der Waals surface area contributed by atoms with Crippen LogP contribution in [0.4, 0.5) is 5.69 Å². The predicted octanol–water partition coefficient (Wildman–Crippen LogP) is 3.27. The third-order valence-electron chi connectivity index (χ3n) is 3.84. The molecule has 2 aromatic carbocycles. The fourth-order valence-corrected chi connectivity index (χ4v) is 3.76. The van der Waals surface area contributed by atoms with Crippen LogP contribution in [-0.4, -0.2) is 27.5 Å². The lowest BCUT2D eigenvalue weighted by Gasteiger charge is -2.15. The SMILES string of the molecule is COc1ccc(S(=O)(=O)N[C@H](C)C(=O)Nc2ccc(C)c(Cl)c2)cc1C. The molecule has 0 spiro atoms. The molecule has 0 saturated heterocycles. The fraction of sp³-hybridized carbons (Fsp3) is 0.278. The van der Waals surface area contributed by atoms with Crippen molar-refractivity contribution in [2.75, 3.05) is 12.4 Å². The van der Waals surface area contributed by atoms with Crippen LogP contribution < -0.4 is 14.8 Å². The molecular weight excluding hydrogens is 376 g/mol. The van der Waals surface area contributed by atoms with Crippen molar-refractivity contribution >= 4 is 33.2 Å². The topological polar surface area (TPSA) is 84.5 Å². The number of methoxy groups -OCH3 is 1. The summed E-state index contributed by atoms with van der Waals surface area (Å²) >= 11 is 6.03. The molecule has 0 radical (unpaired) electrons. The van der Waals surface area contributed by atoms with Crippen molar-refractivity contribution in [2.45, 2.75) is 31.7 Å². The molecule has 0 fully saturated rings. The standard InChI is InChI=1S/C18H21ClN2O4S/c1-11-5-6-14(10-16(11)19)20-18(22)13(3)21-26(23,24)15-7-8-17(25-4)12(2)9-15/h5-10,13,21H,1-4H3,(H,20,22)/t13-/m1/s1. The number of anilines is 1. The van der Waals surface area contributed by atoms with Crippen molar-refractivity contribution in [3.63, 3.8) is 0 Å². The minimum atomic E-state index is -3.85. The van der Waals surface area contributed by atoms with Gasteiger partial charge in [0.1, 0.15) is 5.75 Å². The number of halogens is 1. The second kappa shape index (κ2) is 8.07. The highest BCUT2D eigenvalue weighted by atomic mass is 35.5. The summed E-state index contributed by atoms with van der Waals surface area (Å²) in [5, 5.41) is 3.16. The first-order chi connectivity index (χ1) is 12.1. The maximum Gasteiger partial charge on any atom is 0.242 e. The predicted molar refractivity (Wildman–Crippen MR) is 102 cm³/mol. The second-order valence-corrected chi connectivity index (χ2v) is 8.05. The van der Waals surface area contributed by atoms with E-state index >= 15 is 0 Å². The van der Waals surface area contributed by atoms with Gasteiger partial charge in [0.15, 0.2) is 0 Å². The number of rotatable bonds is 6. The number of carbonyl (C=O) groups is 1. The molecule has 2 N–H and O–H groups in total. The highest BCUT2D eigenvalue weighted by molar-refractivity contribution is 7.89. The normalized spacial score (nSPS) is 12.5. The molecule has 0 aliphatic heterocycles. The first-order valence-electron chi connectivity index (χ1n) is 7.88. The number of nitrogens with one attached hydrogen (secondary N) is 2. The number of carbonyl (C=O) groups excluding carboxylic acids is 1. The first-order valence-corrected chi connectivity index (χ1v) is 9.74. The Kier molecular flexibility index (Phi) is 6.28. The van der Waals surface area contributed by atoms with Crippen molar-refractivity contribution in [1.82, 2.24) is 4.72 Å². The van der Waals surface area contributed by atoms with Gasteiger partial charge in [0.25, 0.3) is 0 Å². The van der Waals surface area contributed by atoms with Crippen molar-refractivity contribution < 1.29 is 17.9 Å². The van der Waals surface area contributed by atoms with E-state index in [0.717, 1.165) is 5.56 Å². The van der Waals surface area contributed by atoms with Crippen LogP contribution in [-0.2, 0) is 14.8 Å². The van der Waals surface area contributed by atoms with E-state index in [0.29, 0.717) is 22.0 Å². The average molecular weight is 397 g/mol. The third-order valence-corrected chi connectivity index (χ3v) is 5.79. The fourth-order valence-electron chi connectivity index (χ4n) is 2.29. The van der Waals surface area contributed by atoms with Crippen LogP contribution in [0.2, 0.25) is 5.02 Å². The zero-order valence-electron chi connectivity index (χ0n) is 15.0. The van der Waals surface area contributed by atoms with Gasteiger partial charge >= 0.3 is 0 Å². The number of benzene rings is 2. The van der Waals surface area contributed by atoms with Gasteiger partial charge in [-0.05, 0) is 62.2 Å². The molecule has 1 amide bonds. The molecule has 140 valence electrons. The maximum absolute atomic E-state index is 12.5. The van der Waals surface area contributed by atoms with Crippen LogP contribution in [0.25, 0.3) is 0 Å². The van der Waals surface area contributed by atoms with E-state index in [4.69, 9.17) is 16.3 Å². The van der Waals surface area contributed by atoms with E-state index in [2.05, 4.69) is 10.0 Å². The minimum Gasteiger partial charge on any atom is -0.496 e. The molecule has 6 nitrogen and oxygen atoms in total. The van der Waals surface area contributed by atoms with Crippen molar-refractivity contribution in [2.24, 2.45) is 0 Å². The van der Waals surface area contributed by atoms with Crippen molar-refractivity contribution in [3.8, 4) is 5.75 Å². The monoisotopic (exact) mass is 396 g/mol. The Balaban J connectivity index is 2.11. The highest BCUT2D eigenvalue weighted by Gasteiger charge is 2.23. The summed E-state index contributed by atoms with van der Waals surface area (Å²) in [7, 11) is -2.34. The number of hydrogen-bond acceptors (Lipinski definition) is 4. The highest BCUT2D eigenvalue weighted by Crippen LogP contribution is 2.22. The van der Waals surface area contributed by atoms with Crippen LogP contribution >= 0.6 is 11.6 Å². The maximum atomic E-state index is 12.5. The largest absolute Gasteiger partial charge is 0.496 e. The molecule has 0 unspecified atom stereocenters. The van der Waals surface area contributed by atoms with Gasteiger partial charge < -0.3 is 10.1 Å². The molecular formula is C18H21ClN2O4S. The zero-order valence-corrected chi connectivity index (χ0v) is 16.5. The summed E-state index contributed by atoms with van der Waals surface area (Å²) in [6.07, 6.45) is 0. The Labute approximate surface area is 158 Å². The van der Waals surface area contributed by atoms with E-state index in [1.807, 2.05) is 6.92 Å². The molecule has 0 aliphatic carbocycles. The number of hydrogen-bond donors (Lipinski definition) is 2. The Morgan fingerprint density at radius 1 is 1.12 bits per heavy atom. The Hall–Kier alpha value is -2.09. The lowest BCUT2D eigenvalue weighted by molar-refractivity contribution is -0.117. The summed E-state index contributed by atoms with van der Waals surface area (Å²) in [5.41, 5.74) is 2.06. The van der Waals surface area contributed by atoms with Crippen LogP contribution in [0.15, 0.2) is 41.3 Å². The summed E-state index contributed by atoms with van der Waals surface area (Å²) in [5.74, 6) is 0.102. The first kappa shape index (κ1) is 20.2. The summed E-state index contributed by atoms with van der Waals surface area (Å²) in [6.45, 7) is 5.07. The number of sulfonamides is 1. The second-order valence-electron chi connectivity index (χ2n) is 5.93. The van der Waals surface area contributed by atoms with Gasteiger partial charge in [-0.2, -0.15) is 4.72 Å². The summed E-state index contributed by atoms with van der Waals surface area (Å²) in [6, 6.07) is 8.61. The molecule has 26 heavy (non-hydrogen) atoms. The molecule has 1 atom stereocenters. The van der Waals surface area contributed by atoms with Gasteiger partial charge in [-0.1, -0.05) is 17.7 Å². The minimum absolute atomic E-state index is 0.0637. The molecule has 0 saturated carbocycles. The Morgan fingerprint density at radius 2 is 1.81 bits per heavy atom. The molecule has 0 aromatic heterocycles. The number of ether oxygens (including phenoxy) is 1. The van der Waals surface area contributed by atoms with E-state index in [1.54, 1.807) is 31.2 Å². The zero-order chi connectivity index (χ0) is 19.5. The average Bonchev–Trinajstić information content (AvgIpc) is 2.57. The van der Waals surface area contributed by atoms with Crippen LogP contribution in [0.3, 0.4) is 0 Å². The molecule has 2 rings (SSSR count). The number of amides is 1. The quantitative estimate of drug-likeness (QED) is 0.784. The summed E-state index contributed by atoms with van der Waals surface area (Å²) < 4.78 is 32.5. The Bertz CT molecular complexity index is 929. The summed E-state index contributed by atoms with van der Waals surface area (Å²) in [4.78, 5) is 12.3. The van der Waals surface area contributed by atoms with Gasteiger partial charge in [0.05, 0.1) is 18.0 Å². The Morgan fingerprint density at radius 3 is 2.38 bits per heavy atom. The van der Waals surface area contributed by atoms with E-state index in [-0.39, 0.29) is 4.90 Å². The molecule has 8 heteroatoms. The van der Waals surface area contributed by atoms with Gasteiger partial charge in [0, 0.05) is 10.7 Å². The smallest absolute Gasteiger partial charge is 0.242 e. The molecule has 0 aliphatic rings. The van der Waals surface area contributed by atoms with Crippen molar-refractivity contribution in [3.05, 3.63) is 52.5 Å². The lowest BCUT2D eigenvalue weighted by Crippen LogP contribution is -2.41. The molecule has 0 bridgehead atoms. The van der Waals surface area contributed by atoms with Gasteiger partial charge in [-0.15, -0.1) is 0 Å². The third kappa shape index (κ3) is 4.75. The van der Waals surface area contributed by atoms with Crippen LogP contribution in [0, 0.1) is 13.8 Å². The van der Waals surface area contributed by atoms with Gasteiger partial charge in [0.2, 0.25) is 15.9 Å². The van der Waals surface area contributed by atoms with Crippen molar-refractivity contribution in [1.29, 1.82) is 0 Å².